The number of hydrogen-bond acceptors (Lipinski definition) is 3. The molecule has 0 aromatic heterocycles. The smallest absolute Gasteiger partial charge is 0.0376 e. The molecule has 0 aromatic rings. The van der Waals surface area contributed by atoms with Crippen molar-refractivity contribution in [3.63, 3.8) is 0 Å². The second kappa shape index (κ2) is 5.10. The van der Waals surface area contributed by atoms with Gasteiger partial charge < -0.3 is 10.2 Å². The molecule has 2 atom stereocenters. The number of piperazine rings is 1. The van der Waals surface area contributed by atoms with Crippen LogP contribution < -0.4 is 5.32 Å². The molecule has 84 valence electrons. The lowest BCUT2D eigenvalue weighted by molar-refractivity contribution is 0.0771. The molecule has 0 bridgehead atoms. The predicted octanol–water partition coefficient (Wildman–Crippen LogP) is 0.476. The molecule has 3 nitrogen and oxygen atoms in total. The fourth-order valence-electron chi connectivity index (χ4n) is 2.40. The van der Waals surface area contributed by atoms with E-state index in [4.69, 9.17) is 0 Å². The fourth-order valence-corrected chi connectivity index (χ4v) is 2.40. The van der Waals surface area contributed by atoms with Crippen LogP contribution in [0.5, 0.6) is 0 Å². The minimum absolute atomic E-state index is 0.600. The molecule has 0 radical (unpaired) electrons. The topological polar surface area (TPSA) is 18.5 Å². The Morgan fingerprint density at radius 3 is 2.36 bits per heavy atom. The van der Waals surface area contributed by atoms with Crippen molar-refractivity contribution < 1.29 is 0 Å². The third-order valence-corrected chi connectivity index (χ3v) is 3.37. The Bertz CT molecular complexity index is 170. The Morgan fingerprint density at radius 1 is 1.21 bits per heavy atom. The van der Waals surface area contributed by atoms with Gasteiger partial charge in [0.2, 0.25) is 0 Å². The van der Waals surface area contributed by atoms with E-state index in [1.54, 1.807) is 0 Å². The number of likely N-dealkylation sites (N-methyl/N-ethyl adjacent to an activating group) is 3. The Balaban J connectivity index is 2.62. The Kier molecular flexibility index (Phi) is 4.35. The largest absolute Gasteiger partial charge is 0.315 e. The highest BCUT2D eigenvalue weighted by Crippen LogP contribution is 2.15. The van der Waals surface area contributed by atoms with Crippen LogP contribution in [0.2, 0.25) is 0 Å². The van der Waals surface area contributed by atoms with E-state index in [1.807, 2.05) is 0 Å². The molecule has 0 aromatic carbocycles. The molecule has 0 saturated carbocycles. The van der Waals surface area contributed by atoms with E-state index in [-0.39, 0.29) is 0 Å². The van der Waals surface area contributed by atoms with Crippen LogP contribution in [-0.2, 0) is 0 Å². The van der Waals surface area contributed by atoms with E-state index < -0.39 is 0 Å². The molecule has 1 aliphatic heterocycles. The zero-order valence-corrected chi connectivity index (χ0v) is 10.2. The average molecular weight is 199 g/mol. The van der Waals surface area contributed by atoms with Crippen molar-refractivity contribution in [3.8, 4) is 0 Å². The number of nitrogens with one attached hydrogen (secondary N) is 1. The van der Waals surface area contributed by atoms with Gasteiger partial charge in [0, 0.05) is 31.7 Å². The summed E-state index contributed by atoms with van der Waals surface area (Å²) in [4.78, 5) is 4.92. The van der Waals surface area contributed by atoms with Gasteiger partial charge in [0.05, 0.1) is 0 Å². The maximum absolute atomic E-state index is 3.45. The van der Waals surface area contributed by atoms with Crippen LogP contribution in [0, 0.1) is 5.92 Å². The van der Waals surface area contributed by atoms with Gasteiger partial charge in [0.25, 0.3) is 0 Å². The van der Waals surface area contributed by atoms with Crippen LogP contribution in [-0.4, -0.2) is 62.7 Å². The van der Waals surface area contributed by atoms with E-state index in [0.29, 0.717) is 18.0 Å². The molecule has 1 heterocycles. The Hall–Kier alpha value is -0.120. The van der Waals surface area contributed by atoms with Gasteiger partial charge in [-0.15, -0.1) is 0 Å². The first-order chi connectivity index (χ1) is 6.56. The lowest BCUT2D eigenvalue weighted by atomic mass is 9.94. The van der Waals surface area contributed by atoms with Gasteiger partial charge in [-0.05, 0) is 27.1 Å². The molecule has 1 fully saturated rings. The first-order valence-corrected chi connectivity index (χ1v) is 5.62. The molecule has 0 amide bonds. The zero-order valence-electron chi connectivity index (χ0n) is 10.2. The van der Waals surface area contributed by atoms with Gasteiger partial charge in [0.1, 0.15) is 0 Å². The van der Waals surface area contributed by atoms with Crippen LogP contribution in [0.3, 0.4) is 0 Å². The summed E-state index contributed by atoms with van der Waals surface area (Å²) in [5.74, 6) is 0.693. The minimum atomic E-state index is 0.600. The lowest BCUT2D eigenvalue weighted by Gasteiger charge is -2.43. The summed E-state index contributed by atoms with van der Waals surface area (Å²) in [5, 5.41) is 3.45. The van der Waals surface area contributed by atoms with Gasteiger partial charge in [-0.3, -0.25) is 4.90 Å². The maximum atomic E-state index is 3.45. The molecule has 0 spiro atoms. The highest BCUT2D eigenvalue weighted by molar-refractivity contribution is 4.89. The lowest BCUT2D eigenvalue weighted by Crippen LogP contribution is -2.59. The zero-order chi connectivity index (χ0) is 10.7. The van der Waals surface area contributed by atoms with E-state index >= 15 is 0 Å². The average Bonchev–Trinajstić information content (AvgIpc) is 2.11. The van der Waals surface area contributed by atoms with Crippen molar-refractivity contribution in [1.29, 1.82) is 0 Å². The first kappa shape index (κ1) is 12.0. The summed E-state index contributed by atoms with van der Waals surface area (Å²) in [6.07, 6.45) is 0. The van der Waals surface area contributed by atoms with Gasteiger partial charge in [-0.1, -0.05) is 13.8 Å². The summed E-state index contributed by atoms with van der Waals surface area (Å²) < 4.78 is 0. The molecule has 1 saturated heterocycles. The van der Waals surface area contributed by atoms with Crippen LogP contribution in [0.4, 0.5) is 0 Å². The van der Waals surface area contributed by atoms with Crippen molar-refractivity contribution in [2.24, 2.45) is 5.92 Å². The number of hydrogen-bond donors (Lipinski definition) is 1. The summed E-state index contributed by atoms with van der Waals surface area (Å²) in [6, 6.07) is 1.25. The van der Waals surface area contributed by atoms with Gasteiger partial charge in [-0.25, -0.2) is 0 Å². The number of rotatable bonds is 3. The summed E-state index contributed by atoms with van der Waals surface area (Å²) in [7, 11) is 6.53. The van der Waals surface area contributed by atoms with Crippen molar-refractivity contribution in [1.82, 2.24) is 15.1 Å². The molecule has 1 N–H and O–H groups in total. The SMILES string of the molecule is CNC(C(C)C)C1CN(C)CCN1C. The Morgan fingerprint density at radius 2 is 1.86 bits per heavy atom. The third-order valence-electron chi connectivity index (χ3n) is 3.37. The van der Waals surface area contributed by atoms with Crippen LogP contribution in [0.1, 0.15) is 13.8 Å². The first-order valence-electron chi connectivity index (χ1n) is 5.62. The summed E-state index contributed by atoms with van der Waals surface area (Å²) in [6.45, 7) is 8.15. The van der Waals surface area contributed by atoms with E-state index in [0.717, 1.165) is 0 Å². The molecular weight excluding hydrogens is 174 g/mol. The van der Waals surface area contributed by atoms with Crippen LogP contribution in [0.25, 0.3) is 0 Å². The van der Waals surface area contributed by atoms with Gasteiger partial charge >= 0.3 is 0 Å². The standard InChI is InChI=1S/C11H25N3/c1-9(2)11(12-3)10-8-13(4)6-7-14(10)5/h9-12H,6-8H2,1-5H3. The molecule has 1 rings (SSSR count). The normalized spacial score (nSPS) is 28.3. The predicted molar refractivity (Wildman–Crippen MR) is 61.6 cm³/mol. The second-order valence-electron chi connectivity index (χ2n) is 4.87. The van der Waals surface area contributed by atoms with Crippen molar-refractivity contribution in [3.05, 3.63) is 0 Å². The van der Waals surface area contributed by atoms with E-state index in [1.165, 1.54) is 19.6 Å². The fraction of sp³-hybridized carbons (Fsp3) is 1.00. The molecule has 1 aliphatic rings. The molecule has 0 aliphatic carbocycles. The van der Waals surface area contributed by atoms with Crippen molar-refractivity contribution >= 4 is 0 Å². The highest BCUT2D eigenvalue weighted by atomic mass is 15.3. The third kappa shape index (κ3) is 2.69. The molecule has 2 unspecified atom stereocenters. The van der Waals surface area contributed by atoms with E-state index in [2.05, 4.69) is 50.1 Å². The summed E-state index contributed by atoms with van der Waals surface area (Å²) in [5.41, 5.74) is 0. The Labute approximate surface area is 88.5 Å². The van der Waals surface area contributed by atoms with Gasteiger partial charge in [0.15, 0.2) is 0 Å². The van der Waals surface area contributed by atoms with Crippen molar-refractivity contribution in [2.75, 3.05) is 40.8 Å². The van der Waals surface area contributed by atoms with Gasteiger partial charge in [-0.2, -0.15) is 0 Å². The highest BCUT2D eigenvalue weighted by Gasteiger charge is 2.30. The second-order valence-corrected chi connectivity index (χ2v) is 4.87. The van der Waals surface area contributed by atoms with Crippen LogP contribution >= 0.6 is 0 Å². The number of nitrogens with zero attached hydrogens (tertiary/aromatic N) is 2. The monoisotopic (exact) mass is 199 g/mol. The maximum Gasteiger partial charge on any atom is 0.0376 e. The van der Waals surface area contributed by atoms with Crippen molar-refractivity contribution in [2.45, 2.75) is 25.9 Å². The molecule has 3 heteroatoms. The molecule has 14 heavy (non-hydrogen) atoms. The molecular formula is C11H25N3. The van der Waals surface area contributed by atoms with E-state index in [9.17, 15) is 0 Å². The summed E-state index contributed by atoms with van der Waals surface area (Å²) >= 11 is 0. The van der Waals surface area contributed by atoms with Crippen LogP contribution in [0.15, 0.2) is 0 Å². The minimum Gasteiger partial charge on any atom is -0.315 e. The quantitative estimate of drug-likeness (QED) is 0.713.